The Balaban J connectivity index is 1.25. The van der Waals surface area contributed by atoms with Crippen LogP contribution in [0.1, 0.15) is 44.6 Å². The van der Waals surface area contributed by atoms with E-state index in [9.17, 15) is 24.8 Å². The molecule has 3 aromatic carbocycles. The molecule has 8 nitrogen and oxygen atoms in total. The van der Waals surface area contributed by atoms with Gasteiger partial charge in [-0.05, 0) is 56.9 Å². The fraction of sp³-hybridized carbons (Fsp3) is 0.333. The standard InChI is InChI=1S/C30H27N3O5/c1-29-15-16-30(38-29,14-6-11-24(35)32-21-9-4-5-10-23(21)34)26-25(29)27(36)33(28(26)37)22-13-12-18(17-31)19-7-2-3-8-20(19)22/h2-5,7-10,12-13,25-26,34H,6,11,14-16H2,1H3,(H,32,35)/t25-,26+,29-,30?/m1/s1. The van der Waals surface area contributed by atoms with Gasteiger partial charge in [0.2, 0.25) is 17.7 Å². The maximum Gasteiger partial charge on any atom is 0.240 e. The fourth-order valence-corrected chi connectivity index (χ4v) is 6.76. The Morgan fingerprint density at radius 3 is 2.53 bits per heavy atom. The summed E-state index contributed by atoms with van der Waals surface area (Å²) < 4.78 is 6.50. The Kier molecular flexibility index (Phi) is 5.51. The van der Waals surface area contributed by atoms with Gasteiger partial charge < -0.3 is 15.2 Å². The average Bonchev–Trinajstić information content (AvgIpc) is 3.49. The maximum absolute atomic E-state index is 14.0. The van der Waals surface area contributed by atoms with Crippen molar-refractivity contribution >= 4 is 39.9 Å². The second-order valence-electron chi connectivity index (χ2n) is 10.7. The molecule has 3 fully saturated rings. The number of para-hydroxylation sites is 2. The second kappa shape index (κ2) is 8.67. The molecule has 4 atom stereocenters. The van der Waals surface area contributed by atoms with Crippen molar-refractivity contribution in [3.05, 3.63) is 66.2 Å². The van der Waals surface area contributed by atoms with Crippen molar-refractivity contribution < 1.29 is 24.2 Å². The number of amides is 3. The molecule has 3 amide bonds. The van der Waals surface area contributed by atoms with E-state index in [2.05, 4.69) is 11.4 Å². The van der Waals surface area contributed by atoms with E-state index in [1.165, 1.54) is 11.0 Å². The molecule has 0 aliphatic carbocycles. The summed E-state index contributed by atoms with van der Waals surface area (Å²) in [6, 6.07) is 19.4. The van der Waals surface area contributed by atoms with Crippen LogP contribution in [0.25, 0.3) is 10.8 Å². The van der Waals surface area contributed by atoms with E-state index in [-0.39, 0.29) is 29.9 Å². The summed E-state index contributed by atoms with van der Waals surface area (Å²) >= 11 is 0. The van der Waals surface area contributed by atoms with Crippen molar-refractivity contribution in [1.29, 1.82) is 5.26 Å². The van der Waals surface area contributed by atoms with Crippen LogP contribution in [0, 0.1) is 23.2 Å². The number of nitrogens with zero attached hydrogens (tertiary/aromatic N) is 2. The summed E-state index contributed by atoms with van der Waals surface area (Å²) in [5, 5.41) is 23.5. The lowest BCUT2D eigenvalue weighted by atomic mass is 9.67. The Morgan fingerprint density at radius 1 is 1.05 bits per heavy atom. The number of hydrogen-bond donors (Lipinski definition) is 2. The molecular weight excluding hydrogens is 482 g/mol. The first-order chi connectivity index (χ1) is 18.3. The topological polar surface area (TPSA) is 120 Å². The maximum atomic E-state index is 14.0. The summed E-state index contributed by atoms with van der Waals surface area (Å²) in [6.45, 7) is 1.91. The molecule has 3 aliphatic rings. The predicted molar refractivity (Wildman–Crippen MR) is 140 cm³/mol. The number of carbonyl (C=O) groups excluding carboxylic acids is 3. The van der Waals surface area contributed by atoms with E-state index in [1.54, 1.807) is 30.3 Å². The van der Waals surface area contributed by atoms with Gasteiger partial charge in [0, 0.05) is 17.2 Å². The van der Waals surface area contributed by atoms with E-state index < -0.39 is 23.0 Å². The number of nitriles is 1. The van der Waals surface area contributed by atoms with Crippen LogP contribution in [0.15, 0.2) is 60.7 Å². The molecule has 3 saturated heterocycles. The zero-order valence-corrected chi connectivity index (χ0v) is 20.9. The Morgan fingerprint density at radius 2 is 1.76 bits per heavy atom. The number of imide groups is 1. The predicted octanol–water partition coefficient (Wildman–Crippen LogP) is 4.65. The summed E-state index contributed by atoms with van der Waals surface area (Å²) in [4.78, 5) is 41.6. The molecule has 38 heavy (non-hydrogen) atoms. The van der Waals surface area contributed by atoms with E-state index in [1.807, 2.05) is 31.2 Å². The van der Waals surface area contributed by atoms with Crippen molar-refractivity contribution in [2.75, 3.05) is 10.2 Å². The lowest BCUT2D eigenvalue weighted by molar-refractivity contribution is -0.130. The third-order valence-corrected chi connectivity index (χ3v) is 8.46. The first kappa shape index (κ1) is 24.1. The van der Waals surface area contributed by atoms with Gasteiger partial charge in [0.25, 0.3) is 0 Å². The Bertz CT molecular complexity index is 1540. The third-order valence-electron chi connectivity index (χ3n) is 8.46. The smallest absolute Gasteiger partial charge is 0.240 e. The van der Waals surface area contributed by atoms with Crippen molar-refractivity contribution in [2.24, 2.45) is 11.8 Å². The number of ether oxygens (including phenoxy) is 1. The molecule has 0 radical (unpaired) electrons. The number of aromatic hydroxyl groups is 1. The molecule has 0 saturated carbocycles. The Hall–Kier alpha value is -4.22. The number of fused-ring (bicyclic) bond motifs is 6. The zero-order valence-electron chi connectivity index (χ0n) is 20.9. The van der Waals surface area contributed by atoms with Gasteiger partial charge in [0.05, 0.1) is 46.0 Å². The zero-order chi connectivity index (χ0) is 26.7. The van der Waals surface area contributed by atoms with Gasteiger partial charge in [-0.1, -0.05) is 36.4 Å². The minimum absolute atomic E-state index is 0.00143. The molecule has 8 heteroatoms. The molecule has 1 unspecified atom stereocenters. The minimum Gasteiger partial charge on any atom is -0.506 e. The number of phenols is 1. The normalized spacial score (nSPS) is 27.5. The monoisotopic (exact) mass is 509 g/mol. The number of benzene rings is 3. The van der Waals surface area contributed by atoms with E-state index >= 15 is 0 Å². The van der Waals surface area contributed by atoms with E-state index in [4.69, 9.17) is 4.74 Å². The SMILES string of the molecule is C[C@]12CCC(CCCC(=O)Nc3ccccc3O)(O1)[C@@H]1C(=O)N(c3ccc(C#N)c4ccccc34)C(=O)[C@@H]12. The van der Waals surface area contributed by atoms with Crippen molar-refractivity contribution in [3.63, 3.8) is 0 Å². The van der Waals surface area contributed by atoms with Gasteiger partial charge in [-0.25, -0.2) is 4.90 Å². The fourth-order valence-electron chi connectivity index (χ4n) is 6.76. The van der Waals surface area contributed by atoms with Crippen LogP contribution < -0.4 is 10.2 Å². The average molecular weight is 510 g/mol. The lowest BCUT2D eigenvalue weighted by Gasteiger charge is -2.31. The van der Waals surface area contributed by atoms with Crippen LogP contribution in [0.3, 0.4) is 0 Å². The van der Waals surface area contributed by atoms with Crippen LogP contribution in [0.4, 0.5) is 11.4 Å². The van der Waals surface area contributed by atoms with Crippen LogP contribution in [0.5, 0.6) is 5.75 Å². The van der Waals surface area contributed by atoms with Gasteiger partial charge in [-0.3, -0.25) is 14.4 Å². The number of rotatable bonds is 6. The van der Waals surface area contributed by atoms with Crippen LogP contribution in [-0.2, 0) is 19.1 Å². The number of hydrogen-bond acceptors (Lipinski definition) is 6. The number of carbonyl (C=O) groups is 3. The van der Waals surface area contributed by atoms with Gasteiger partial charge in [0.1, 0.15) is 5.75 Å². The molecule has 3 aliphatic heterocycles. The molecule has 0 aromatic heterocycles. The first-order valence-corrected chi connectivity index (χ1v) is 12.9. The first-order valence-electron chi connectivity index (χ1n) is 12.9. The summed E-state index contributed by atoms with van der Waals surface area (Å²) in [7, 11) is 0. The highest BCUT2D eigenvalue weighted by atomic mass is 16.5. The molecule has 3 heterocycles. The van der Waals surface area contributed by atoms with E-state index in [0.717, 1.165) is 0 Å². The summed E-state index contributed by atoms with van der Waals surface area (Å²) in [6.07, 6.45) is 2.45. The second-order valence-corrected chi connectivity index (χ2v) is 10.7. The van der Waals surface area contributed by atoms with Gasteiger partial charge in [-0.15, -0.1) is 0 Å². The Labute approximate surface area is 219 Å². The van der Waals surface area contributed by atoms with Crippen molar-refractivity contribution in [2.45, 2.75) is 50.2 Å². The molecule has 0 spiro atoms. The highest BCUT2D eigenvalue weighted by Crippen LogP contribution is 2.62. The van der Waals surface area contributed by atoms with Crippen molar-refractivity contribution in [3.8, 4) is 11.8 Å². The molecule has 2 bridgehead atoms. The third kappa shape index (κ3) is 3.50. The summed E-state index contributed by atoms with van der Waals surface area (Å²) in [5.41, 5.74) is -0.226. The highest BCUT2D eigenvalue weighted by Gasteiger charge is 2.73. The molecule has 2 N–H and O–H groups in total. The minimum atomic E-state index is -0.807. The lowest BCUT2D eigenvalue weighted by Crippen LogP contribution is -2.42. The number of anilines is 2. The molecule has 6 rings (SSSR count). The van der Waals surface area contributed by atoms with Gasteiger partial charge in [-0.2, -0.15) is 5.26 Å². The van der Waals surface area contributed by atoms with Crippen molar-refractivity contribution in [1.82, 2.24) is 0 Å². The summed E-state index contributed by atoms with van der Waals surface area (Å²) in [5.74, 6) is -2.00. The van der Waals surface area contributed by atoms with Gasteiger partial charge >= 0.3 is 0 Å². The largest absolute Gasteiger partial charge is 0.506 e. The van der Waals surface area contributed by atoms with Crippen LogP contribution >= 0.6 is 0 Å². The number of phenolic OH excluding ortho intramolecular Hbond substituents is 1. The van der Waals surface area contributed by atoms with Gasteiger partial charge in [0.15, 0.2) is 0 Å². The molecule has 192 valence electrons. The van der Waals surface area contributed by atoms with E-state index in [0.29, 0.717) is 53.4 Å². The van der Waals surface area contributed by atoms with Crippen LogP contribution in [-0.4, -0.2) is 34.0 Å². The quantitative estimate of drug-likeness (QED) is 0.369. The molecular formula is C30H27N3O5. The number of nitrogens with one attached hydrogen (secondary N) is 1. The molecule has 3 aromatic rings. The van der Waals surface area contributed by atoms with Crippen LogP contribution in [0.2, 0.25) is 0 Å². The highest BCUT2D eigenvalue weighted by molar-refractivity contribution is 6.26.